The minimum atomic E-state index is -0.208. The Bertz CT molecular complexity index is 599. The third kappa shape index (κ3) is 3.92. The number of aromatic nitrogens is 1. The molecule has 0 aromatic carbocycles. The summed E-state index contributed by atoms with van der Waals surface area (Å²) in [4.78, 5) is 13.4. The van der Waals surface area contributed by atoms with Crippen molar-refractivity contribution in [3.8, 4) is 0 Å². The molecule has 1 unspecified atom stereocenters. The molecule has 0 aliphatic carbocycles. The Balaban J connectivity index is 1.93. The molecule has 21 heavy (non-hydrogen) atoms. The van der Waals surface area contributed by atoms with Crippen LogP contribution >= 0.6 is 11.3 Å². The van der Waals surface area contributed by atoms with Crippen molar-refractivity contribution >= 4 is 17.3 Å². The molecule has 0 aliphatic heterocycles. The minimum absolute atomic E-state index is 0.169. The summed E-state index contributed by atoms with van der Waals surface area (Å²) >= 11 is 1.62. The average molecular weight is 308 g/mol. The fourth-order valence-electron chi connectivity index (χ4n) is 2.29. The Hall–Kier alpha value is -1.66. The van der Waals surface area contributed by atoms with Gasteiger partial charge in [0.1, 0.15) is 5.76 Å². The van der Waals surface area contributed by atoms with E-state index < -0.39 is 0 Å². The number of aryl methyl sites for hydroxylation is 2. The van der Waals surface area contributed by atoms with Crippen LogP contribution in [0.2, 0.25) is 0 Å². The number of nitrogens with one attached hydrogen (secondary N) is 1. The lowest BCUT2D eigenvalue weighted by molar-refractivity contribution is -0.139. The summed E-state index contributed by atoms with van der Waals surface area (Å²) in [7, 11) is 1.41. The number of nitrogens with zero attached hydrogens (tertiary/aromatic N) is 1. The Kier molecular flexibility index (Phi) is 5.14. The summed E-state index contributed by atoms with van der Waals surface area (Å²) in [6.07, 6.45) is 0.334. The van der Waals surface area contributed by atoms with Crippen molar-refractivity contribution in [2.75, 3.05) is 7.11 Å². The van der Waals surface area contributed by atoms with Crippen LogP contribution in [0.25, 0.3) is 0 Å². The topological polar surface area (TPSA) is 64.4 Å². The Morgan fingerprint density at radius 2 is 2.14 bits per heavy atom. The number of hydrogen-bond acceptors (Lipinski definition) is 6. The number of methoxy groups -OCH3 is 1. The van der Waals surface area contributed by atoms with Gasteiger partial charge >= 0.3 is 5.97 Å². The third-order valence-corrected chi connectivity index (χ3v) is 4.45. The number of ether oxygens (including phenoxy) is 1. The number of thiophene rings is 1. The van der Waals surface area contributed by atoms with Crippen LogP contribution in [0.1, 0.15) is 39.7 Å². The molecular formula is C15H20N2O3S. The zero-order chi connectivity index (χ0) is 15.4. The lowest BCUT2D eigenvalue weighted by Gasteiger charge is -2.12. The first kappa shape index (κ1) is 15.7. The van der Waals surface area contributed by atoms with E-state index in [0.717, 1.165) is 28.4 Å². The maximum absolute atomic E-state index is 11.2. The Morgan fingerprint density at radius 1 is 1.43 bits per heavy atom. The fourth-order valence-corrected chi connectivity index (χ4v) is 3.25. The maximum Gasteiger partial charge on any atom is 0.310 e. The molecule has 0 aliphatic rings. The van der Waals surface area contributed by atoms with E-state index in [1.54, 1.807) is 11.3 Å². The molecule has 2 rings (SSSR count). The first-order valence-corrected chi connectivity index (χ1v) is 7.63. The molecule has 2 aromatic rings. The summed E-state index contributed by atoms with van der Waals surface area (Å²) < 4.78 is 9.86. The monoisotopic (exact) mass is 308 g/mol. The molecule has 2 heterocycles. The third-order valence-electron chi connectivity index (χ3n) is 3.37. The predicted molar refractivity (Wildman–Crippen MR) is 81.3 cm³/mol. The van der Waals surface area contributed by atoms with Gasteiger partial charge in [-0.05, 0) is 32.9 Å². The lowest BCUT2D eigenvalue weighted by Crippen LogP contribution is -2.18. The van der Waals surface area contributed by atoms with Gasteiger partial charge < -0.3 is 14.6 Å². The quantitative estimate of drug-likeness (QED) is 0.831. The highest BCUT2D eigenvalue weighted by atomic mass is 32.1. The molecule has 114 valence electrons. The highest BCUT2D eigenvalue weighted by Gasteiger charge is 2.16. The Labute approximate surface area is 128 Å². The zero-order valence-corrected chi connectivity index (χ0v) is 13.5. The zero-order valence-electron chi connectivity index (χ0n) is 12.7. The number of esters is 1. The summed E-state index contributed by atoms with van der Waals surface area (Å²) in [6, 6.07) is 4.18. The Morgan fingerprint density at radius 3 is 2.76 bits per heavy atom. The first-order chi connectivity index (χ1) is 10.0. The van der Waals surface area contributed by atoms with Gasteiger partial charge in [0.05, 0.1) is 19.2 Å². The van der Waals surface area contributed by atoms with Crippen molar-refractivity contribution in [3.05, 3.63) is 38.9 Å². The molecule has 0 saturated heterocycles. The molecular weight excluding hydrogens is 288 g/mol. The van der Waals surface area contributed by atoms with E-state index in [2.05, 4.69) is 22.1 Å². The van der Waals surface area contributed by atoms with E-state index in [1.807, 2.05) is 26.0 Å². The molecule has 2 aromatic heterocycles. The normalized spacial score (nSPS) is 12.4. The van der Waals surface area contributed by atoms with Crippen LogP contribution in [0.15, 0.2) is 16.7 Å². The van der Waals surface area contributed by atoms with Gasteiger partial charge in [-0.3, -0.25) is 4.79 Å². The van der Waals surface area contributed by atoms with Crippen LogP contribution in [0, 0.1) is 13.8 Å². The van der Waals surface area contributed by atoms with Crippen molar-refractivity contribution in [2.45, 2.75) is 39.8 Å². The SMILES string of the molecule is COC(=O)Cc1ccc(CNC(C)c2c(C)noc2C)s1. The number of carbonyl (C=O) groups excluding carboxylic acids is 1. The van der Waals surface area contributed by atoms with E-state index in [9.17, 15) is 4.79 Å². The first-order valence-electron chi connectivity index (χ1n) is 6.81. The van der Waals surface area contributed by atoms with Crippen LogP contribution < -0.4 is 5.32 Å². The van der Waals surface area contributed by atoms with E-state index in [4.69, 9.17) is 4.52 Å². The maximum atomic E-state index is 11.2. The van der Waals surface area contributed by atoms with E-state index in [1.165, 1.54) is 12.0 Å². The lowest BCUT2D eigenvalue weighted by atomic mass is 10.1. The van der Waals surface area contributed by atoms with Crippen molar-refractivity contribution < 1.29 is 14.1 Å². The summed E-state index contributed by atoms with van der Waals surface area (Å²) in [5, 5.41) is 7.43. The smallest absolute Gasteiger partial charge is 0.310 e. The van der Waals surface area contributed by atoms with Crippen LogP contribution in [-0.4, -0.2) is 18.2 Å². The summed E-state index contributed by atoms with van der Waals surface area (Å²) in [5.41, 5.74) is 2.03. The highest BCUT2D eigenvalue weighted by molar-refractivity contribution is 7.12. The summed E-state index contributed by atoms with van der Waals surface area (Å²) in [5.74, 6) is 0.644. The van der Waals surface area contributed by atoms with Gasteiger partial charge in [-0.25, -0.2) is 0 Å². The average Bonchev–Trinajstić information content (AvgIpc) is 3.03. The largest absolute Gasteiger partial charge is 0.469 e. The number of carbonyl (C=O) groups is 1. The van der Waals surface area contributed by atoms with Crippen molar-refractivity contribution in [3.63, 3.8) is 0 Å². The second-order valence-corrected chi connectivity index (χ2v) is 6.21. The van der Waals surface area contributed by atoms with Gasteiger partial charge in [-0.1, -0.05) is 5.16 Å². The van der Waals surface area contributed by atoms with Gasteiger partial charge in [0, 0.05) is 27.9 Å². The van der Waals surface area contributed by atoms with Crippen molar-refractivity contribution in [1.29, 1.82) is 0 Å². The van der Waals surface area contributed by atoms with Gasteiger partial charge in [-0.2, -0.15) is 0 Å². The van der Waals surface area contributed by atoms with Gasteiger partial charge in [0.25, 0.3) is 0 Å². The minimum Gasteiger partial charge on any atom is -0.469 e. The van der Waals surface area contributed by atoms with E-state index in [0.29, 0.717) is 6.42 Å². The molecule has 6 heteroatoms. The van der Waals surface area contributed by atoms with Gasteiger partial charge in [0.2, 0.25) is 0 Å². The molecule has 5 nitrogen and oxygen atoms in total. The fraction of sp³-hybridized carbons (Fsp3) is 0.467. The van der Waals surface area contributed by atoms with Crippen LogP contribution in [0.5, 0.6) is 0 Å². The number of hydrogen-bond donors (Lipinski definition) is 1. The number of rotatable bonds is 6. The van der Waals surface area contributed by atoms with E-state index >= 15 is 0 Å². The predicted octanol–water partition coefficient (Wildman–Crippen LogP) is 2.92. The van der Waals surface area contributed by atoms with E-state index in [-0.39, 0.29) is 12.0 Å². The molecule has 0 bridgehead atoms. The second kappa shape index (κ2) is 6.87. The molecule has 0 fully saturated rings. The molecule has 0 spiro atoms. The summed E-state index contributed by atoms with van der Waals surface area (Å²) in [6.45, 7) is 6.71. The van der Waals surface area contributed by atoms with Crippen LogP contribution in [0.3, 0.4) is 0 Å². The second-order valence-electron chi connectivity index (χ2n) is 4.96. The van der Waals surface area contributed by atoms with Crippen molar-refractivity contribution in [1.82, 2.24) is 10.5 Å². The molecule has 1 atom stereocenters. The highest BCUT2D eigenvalue weighted by Crippen LogP contribution is 2.23. The standard InChI is InChI=1S/C15H20N2O3S/c1-9(15-10(2)17-20-11(15)3)16-8-13-6-5-12(21-13)7-14(18)19-4/h5-6,9,16H,7-8H2,1-4H3. The van der Waals surface area contributed by atoms with Crippen LogP contribution in [-0.2, 0) is 22.5 Å². The van der Waals surface area contributed by atoms with Gasteiger partial charge in [-0.15, -0.1) is 11.3 Å². The van der Waals surface area contributed by atoms with Gasteiger partial charge in [0.15, 0.2) is 0 Å². The van der Waals surface area contributed by atoms with Crippen LogP contribution in [0.4, 0.5) is 0 Å². The molecule has 0 radical (unpaired) electrons. The molecule has 0 amide bonds. The molecule has 0 saturated carbocycles. The van der Waals surface area contributed by atoms with Crippen molar-refractivity contribution in [2.24, 2.45) is 0 Å². The molecule has 1 N–H and O–H groups in total.